The van der Waals surface area contributed by atoms with Gasteiger partial charge in [-0.2, -0.15) is 0 Å². The second-order valence-corrected chi connectivity index (χ2v) is 11.7. The molecule has 0 spiro atoms. The normalized spacial score (nSPS) is 21.9. The molecule has 0 bridgehead atoms. The molecule has 0 aliphatic carbocycles. The van der Waals surface area contributed by atoms with E-state index in [0.717, 1.165) is 29.4 Å². The third-order valence-corrected chi connectivity index (χ3v) is 7.05. The molecule has 1 aromatic heterocycles. The molecule has 3 atom stereocenters. The van der Waals surface area contributed by atoms with Gasteiger partial charge >= 0.3 is 6.09 Å². The van der Waals surface area contributed by atoms with Crippen molar-refractivity contribution in [3.8, 4) is 0 Å². The number of carboxylic acid groups (broad SMARTS) is 1. The van der Waals surface area contributed by atoms with Crippen molar-refractivity contribution in [3.63, 3.8) is 0 Å². The molecule has 27 heavy (non-hydrogen) atoms. The molecule has 8 heteroatoms. The van der Waals surface area contributed by atoms with Crippen LogP contribution in [0.25, 0.3) is 0 Å². The first-order valence-electron chi connectivity index (χ1n) is 9.20. The van der Waals surface area contributed by atoms with Gasteiger partial charge in [0.15, 0.2) is 0 Å². The van der Waals surface area contributed by atoms with E-state index in [1.54, 1.807) is 6.20 Å². The van der Waals surface area contributed by atoms with Crippen LogP contribution in [-0.4, -0.2) is 42.5 Å². The Bertz CT molecular complexity index is 649. The van der Waals surface area contributed by atoms with E-state index in [-0.39, 0.29) is 16.3 Å². The van der Waals surface area contributed by atoms with Gasteiger partial charge in [0.25, 0.3) is 0 Å². The van der Waals surface area contributed by atoms with Gasteiger partial charge in [0.05, 0.1) is 11.7 Å². The van der Waals surface area contributed by atoms with Crippen molar-refractivity contribution in [2.24, 2.45) is 5.92 Å². The minimum Gasteiger partial charge on any atom is -0.598 e. The quantitative estimate of drug-likeness (QED) is 0.611. The van der Waals surface area contributed by atoms with E-state index in [1.807, 2.05) is 46.8 Å². The average molecular weight is 460 g/mol. The Balaban J connectivity index is 2.08. The van der Waals surface area contributed by atoms with Gasteiger partial charge in [-0.05, 0) is 87.9 Å². The van der Waals surface area contributed by atoms with Crippen molar-refractivity contribution in [3.05, 3.63) is 28.5 Å². The number of likely N-dealkylation sites (tertiary alicyclic amines) is 1. The smallest absolute Gasteiger partial charge is 0.407 e. The van der Waals surface area contributed by atoms with Crippen LogP contribution >= 0.6 is 15.9 Å². The summed E-state index contributed by atoms with van der Waals surface area (Å²) in [5.41, 5.74) is 0.506. The lowest BCUT2D eigenvalue weighted by molar-refractivity contribution is 0.117. The highest BCUT2D eigenvalue weighted by atomic mass is 79.9. The zero-order chi connectivity index (χ0) is 20.4. The topological polar surface area (TPSA) is 88.5 Å². The molecule has 2 rings (SSSR count). The molecular formula is C19H30BrN3O3S. The van der Waals surface area contributed by atoms with Crippen LogP contribution in [0.1, 0.15) is 65.6 Å². The Labute approximate surface area is 173 Å². The first-order chi connectivity index (χ1) is 12.4. The molecule has 1 amide bonds. The number of nitrogens with zero attached hydrogens (tertiary/aromatic N) is 2. The lowest BCUT2D eigenvalue weighted by Gasteiger charge is -2.28. The number of amides is 1. The van der Waals surface area contributed by atoms with Gasteiger partial charge in [0.1, 0.15) is 4.75 Å². The maximum atomic E-state index is 12.6. The molecule has 2 unspecified atom stereocenters. The molecule has 1 fully saturated rings. The van der Waals surface area contributed by atoms with Crippen molar-refractivity contribution < 1.29 is 14.5 Å². The predicted octanol–water partition coefficient (Wildman–Crippen LogP) is 4.50. The second-order valence-electron chi connectivity index (χ2n) is 8.81. The molecule has 1 saturated heterocycles. The van der Waals surface area contributed by atoms with Crippen molar-refractivity contribution in [1.82, 2.24) is 14.6 Å². The number of halogens is 1. The van der Waals surface area contributed by atoms with Crippen LogP contribution in [0.4, 0.5) is 4.79 Å². The van der Waals surface area contributed by atoms with Gasteiger partial charge in [0.2, 0.25) is 0 Å². The fourth-order valence-corrected chi connectivity index (χ4v) is 4.57. The van der Waals surface area contributed by atoms with E-state index in [9.17, 15) is 14.5 Å². The summed E-state index contributed by atoms with van der Waals surface area (Å²) < 4.78 is 16.4. The number of aromatic nitrogens is 1. The zero-order valence-corrected chi connectivity index (χ0v) is 19.1. The zero-order valence-electron chi connectivity index (χ0n) is 16.7. The molecule has 0 saturated carbocycles. The second kappa shape index (κ2) is 8.68. The number of nitrogens with one attached hydrogen (secondary N) is 1. The SMILES string of the molecule is CC1(C)C[C@H](CCC(N[S+]([O-])C(C)(C)C)c2ccc(Br)cn2)CN1C(=O)O. The van der Waals surface area contributed by atoms with Crippen LogP contribution in [0, 0.1) is 5.92 Å². The van der Waals surface area contributed by atoms with E-state index < -0.39 is 17.5 Å². The Morgan fingerprint density at radius 2 is 2.19 bits per heavy atom. The maximum Gasteiger partial charge on any atom is 0.407 e. The summed E-state index contributed by atoms with van der Waals surface area (Å²) in [7, 11) is 0. The summed E-state index contributed by atoms with van der Waals surface area (Å²) in [4.78, 5) is 17.5. The number of pyridine rings is 1. The number of carbonyl (C=O) groups is 1. The largest absolute Gasteiger partial charge is 0.598 e. The Morgan fingerprint density at radius 1 is 1.52 bits per heavy atom. The molecule has 2 N–H and O–H groups in total. The Hall–Kier alpha value is -0.830. The Morgan fingerprint density at radius 3 is 2.67 bits per heavy atom. The highest BCUT2D eigenvalue weighted by molar-refractivity contribution is 9.10. The van der Waals surface area contributed by atoms with E-state index in [2.05, 4.69) is 25.6 Å². The summed E-state index contributed by atoms with van der Waals surface area (Å²) >= 11 is 2.19. The summed E-state index contributed by atoms with van der Waals surface area (Å²) in [6.07, 6.45) is 3.33. The average Bonchev–Trinajstić information content (AvgIpc) is 2.86. The van der Waals surface area contributed by atoms with Crippen LogP contribution in [0.3, 0.4) is 0 Å². The van der Waals surface area contributed by atoms with Crippen LogP contribution < -0.4 is 4.72 Å². The Kier molecular flexibility index (Phi) is 7.22. The van der Waals surface area contributed by atoms with Gasteiger partial charge in [0, 0.05) is 34.1 Å². The van der Waals surface area contributed by atoms with Crippen molar-refractivity contribution in [2.75, 3.05) is 6.54 Å². The first kappa shape index (κ1) is 22.5. The summed E-state index contributed by atoms with van der Waals surface area (Å²) in [5, 5.41) is 9.42. The van der Waals surface area contributed by atoms with E-state index >= 15 is 0 Å². The number of rotatable bonds is 6. The van der Waals surface area contributed by atoms with E-state index in [1.165, 1.54) is 4.90 Å². The van der Waals surface area contributed by atoms with Gasteiger partial charge in [-0.3, -0.25) is 4.98 Å². The van der Waals surface area contributed by atoms with Gasteiger partial charge in [-0.1, -0.05) is 0 Å². The number of hydrogen-bond donors (Lipinski definition) is 2. The molecule has 1 aromatic rings. The minimum absolute atomic E-state index is 0.139. The molecule has 152 valence electrons. The van der Waals surface area contributed by atoms with Gasteiger partial charge in [-0.15, -0.1) is 4.72 Å². The lowest BCUT2D eigenvalue weighted by atomic mass is 9.91. The van der Waals surface area contributed by atoms with E-state index in [4.69, 9.17) is 0 Å². The van der Waals surface area contributed by atoms with Crippen LogP contribution in [0.5, 0.6) is 0 Å². The predicted molar refractivity (Wildman–Crippen MR) is 112 cm³/mol. The molecule has 2 heterocycles. The van der Waals surface area contributed by atoms with Crippen molar-refractivity contribution in [2.45, 2.75) is 70.2 Å². The highest BCUT2D eigenvalue weighted by Gasteiger charge is 2.41. The molecule has 0 radical (unpaired) electrons. The summed E-state index contributed by atoms with van der Waals surface area (Å²) in [6, 6.07) is 3.73. The van der Waals surface area contributed by atoms with Crippen LogP contribution in [0.2, 0.25) is 0 Å². The molecule has 1 aliphatic rings. The van der Waals surface area contributed by atoms with Gasteiger partial charge in [-0.25, -0.2) is 4.79 Å². The third-order valence-electron chi connectivity index (χ3n) is 4.97. The molecule has 6 nitrogen and oxygen atoms in total. The summed E-state index contributed by atoms with van der Waals surface area (Å²) in [5.74, 6) is 0.291. The summed E-state index contributed by atoms with van der Waals surface area (Å²) in [6.45, 7) is 10.3. The monoisotopic (exact) mass is 459 g/mol. The van der Waals surface area contributed by atoms with Crippen molar-refractivity contribution >= 4 is 33.4 Å². The van der Waals surface area contributed by atoms with Crippen molar-refractivity contribution in [1.29, 1.82) is 0 Å². The lowest BCUT2D eigenvalue weighted by Crippen LogP contribution is -2.41. The number of hydrogen-bond acceptors (Lipinski definition) is 4. The fraction of sp³-hybridized carbons (Fsp3) is 0.684. The molecule has 0 aromatic carbocycles. The first-order valence-corrected chi connectivity index (χ1v) is 11.1. The minimum atomic E-state index is -1.21. The highest BCUT2D eigenvalue weighted by Crippen LogP contribution is 2.36. The standard InChI is InChI=1S/C19H30BrN3O3S/c1-18(2,3)27(26)22-16(15-9-7-14(20)11-21-15)8-6-13-10-19(4,5)23(12-13)17(24)25/h7,9,11,13,16,22H,6,8,10,12H2,1-5H3,(H,24,25)/t13-,16?,27?/m0/s1. The fourth-order valence-electron chi connectivity index (χ4n) is 3.49. The molecule has 1 aliphatic heterocycles. The molecular weight excluding hydrogens is 430 g/mol. The maximum absolute atomic E-state index is 12.6. The van der Waals surface area contributed by atoms with Gasteiger partial charge < -0.3 is 14.6 Å². The van der Waals surface area contributed by atoms with Crippen LogP contribution in [-0.2, 0) is 11.4 Å². The van der Waals surface area contributed by atoms with E-state index in [0.29, 0.717) is 12.5 Å². The van der Waals surface area contributed by atoms with Crippen LogP contribution in [0.15, 0.2) is 22.8 Å². The third kappa shape index (κ3) is 6.07.